The van der Waals surface area contributed by atoms with Gasteiger partial charge in [-0.15, -0.1) is 0 Å². The minimum Gasteiger partial charge on any atom is -0.491 e. The number of aliphatic hydroxyl groups is 1. The van der Waals surface area contributed by atoms with Crippen molar-refractivity contribution in [3.05, 3.63) is 47.3 Å². The number of benzene rings is 1. The third-order valence-electron chi connectivity index (χ3n) is 5.77. The van der Waals surface area contributed by atoms with Gasteiger partial charge in [0.25, 0.3) is 0 Å². The zero-order chi connectivity index (χ0) is 18.8. The molecule has 0 bridgehead atoms. The number of halogens is 1. The highest BCUT2D eigenvalue weighted by Crippen LogP contribution is 2.33. The van der Waals surface area contributed by atoms with Gasteiger partial charge in [0.05, 0.1) is 11.7 Å². The molecule has 1 N–H and O–H groups in total. The lowest BCUT2D eigenvalue weighted by molar-refractivity contribution is 0.0623. The molecule has 5 nitrogen and oxygen atoms in total. The fraction of sp³-hybridized carbons (Fsp3) is 0.571. The fourth-order valence-electron chi connectivity index (χ4n) is 4.39. The summed E-state index contributed by atoms with van der Waals surface area (Å²) < 4.78 is 20.8. The molecule has 0 spiro atoms. The van der Waals surface area contributed by atoms with Gasteiger partial charge in [-0.2, -0.15) is 0 Å². The molecule has 0 unspecified atom stereocenters. The van der Waals surface area contributed by atoms with Gasteiger partial charge in [0.2, 0.25) is 0 Å². The van der Waals surface area contributed by atoms with Crippen LogP contribution in [0.25, 0.3) is 0 Å². The van der Waals surface area contributed by atoms with Crippen LogP contribution in [0.15, 0.2) is 24.3 Å². The van der Waals surface area contributed by atoms with Crippen molar-refractivity contribution in [1.82, 2.24) is 14.5 Å². The van der Waals surface area contributed by atoms with Crippen LogP contribution in [0.1, 0.15) is 48.9 Å². The summed E-state index contributed by atoms with van der Waals surface area (Å²) in [6.07, 6.45) is 6.30. The van der Waals surface area contributed by atoms with E-state index in [1.807, 2.05) is 0 Å². The lowest BCUT2D eigenvalue weighted by Gasteiger charge is -2.26. The van der Waals surface area contributed by atoms with Gasteiger partial charge in [0, 0.05) is 19.3 Å². The van der Waals surface area contributed by atoms with Crippen molar-refractivity contribution in [2.24, 2.45) is 7.05 Å². The summed E-state index contributed by atoms with van der Waals surface area (Å²) in [5.41, 5.74) is 2.66. The molecular weight excluding hydrogens is 345 g/mol. The number of hydrogen-bond donors (Lipinski definition) is 1. The first kappa shape index (κ1) is 18.4. The normalized spacial score (nSPS) is 21.2. The van der Waals surface area contributed by atoms with Crippen molar-refractivity contribution in [3.8, 4) is 5.75 Å². The molecule has 2 aliphatic rings. The van der Waals surface area contributed by atoms with Crippen LogP contribution in [0, 0.1) is 5.82 Å². The Balaban J connectivity index is 1.38. The van der Waals surface area contributed by atoms with Crippen LogP contribution < -0.4 is 4.74 Å². The number of aliphatic hydroxyl groups excluding tert-OH is 1. The Morgan fingerprint density at radius 3 is 2.78 bits per heavy atom. The van der Waals surface area contributed by atoms with Crippen LogP contribution in [-0.2, 0) is 19.9 Å². The average Bonchev–Trinajstić information content (AvgIpc) is 3.26. The van der Waals surface area contributed by atoms with Crippen molar-refractivity contribution < 1.29 is 14.2 Å². The van der Waals surface area contributed by atoms with Gasteiger partial charge in [-0.05, 0) is 69.3 Å². The summed E-state index contributed by atoms with van der Waals surface area (Å²) >= 11 is 0. The Hall–Kier alpha value is -1.92. The minimum atomic E-state index is -0.592. The number of likely N-dealkylation sites (tertiary alicyclic amines) is 1. The Bertz CT molecular complexity index is 774. The van der Waals surface area contributed by atoms with Crippen molar-refractivity contribution in [1.29, 1.82) is 0 Å². The highest BCUT2D eigenvalue weighted by Gasteiger charge is 2.32. The third kappa shape index (κ3) is 4.01. The molecule has 1 aromatic carbocycles. The first-order valence-electron chi connectivity index (χ1n) is 9.96. The smallest absolute Gasteiger partial charge is 0.126 e. The van der Waals surface area contributed by atoms with E-state index in [0.717, 1.165) is 38.1 Å². The summed E-state index contributed by atoms with van der Waals surface area (Å²) in [7, 11) is 2.14. The van der Waals surface area contributed by atoms with Gasteiger partial charge in [-0.1, -0.05) is 0 Å². The molecule has 0 saturated carbocycles. The highest BCUT2D eigenvalue weighted by atomic mass is 19.1. The summed E-state index contributed by atoms with van der Waals surface area (Å²) in [6, 6.07) is 6.15. The predicted octanol–water partition coefficient (Wildman–Crippen LogP) is 3.01. The minimum absolute atomic E-state index is 0.200. The molecule has 2 heterocycles. The maximum atomic E-state index is 13.0. The van der Waals surface area contributed by atoms with Gasteiger partial charge in [0.1, 0.15) is 30.1 Å². The number of aryl methyl sites for hydroxylation is 1. The topological polar surface area (TPSA) is 50.5 Å². The molecule has 146 valence electrons. The Morgan fingerprint density at radius 1 is 1.22 bits per heavy atom. The second kappa shape index (κ2) is 7.98. The third-order valence-corrected chi connectivity index (χ3v) is 5.77. The number of β-amino-alcohol motifs (C(OH)–C–C–N with tert-alkyl or cyclic N) is 1. The zero-order valence-corrected chi connectivity index (χ0v) is 15.9. The van der Waals surface area contributed by atoms with E-state index in [9.17, 15) is 9.50 Å². The monoisotopic (exact) mass is 373 g/mol. The molecule has 27 heavy (non-hydrogen) atoms. The maximum absolute atomic E-state index is 13.0. The lowest BCUT2D eigenvalue weighted by Crippen LogP contribution is -2.36. The van der Waals surface area contributed by atoms with Crippen LogP contribution >= 0.6 is 0 Å². The van der Waals surface area contributed by atoms with Crippen LogP contribution in [0.5, 0.6) is 5.75 Å². The molecule has 4 rings (SSSR count). The zero-order valence-electron chi connectivity index (χ0n) is 15.9. The Morgan fingerprint density at radius 2 is 2.00 bits per heavy atom. The molecule has 1 fully saturated rings. The number of hydrogen-bond acceptors (Lipinski definition) is 4. The number of imidazole rings is 1. The van der Waals surface area contributed by atoms with Gasteiger partial charge in [-0.3, -0.25) is 4.90 Å². The first-order valence-corrected chi connectivity index (χ1v) is 9.96. The second-order valence-corrected chi connectivity index (χ2v) is 7.70. The molecule has 1 saturated heterocycles. The number of nitrogens with zero attached hydrogens (tertiary/aromatic N) is 3. The first-order chi connectivity index (χ1) is 13.1. The van der Waals surface area contributed by atoms with E-state index in [2.05, 4.69) is 16.5 Å². The van der Waals surface area contributed by atoms with Gasteiger partial charge < -0.3 is 14.4 Å². The molecule has 1 aromatic heterocycles. The number of rotatable bonds is 6. The number of ether oxygens (including phenoxy) is 1. The fourth-order valence-corrected chi connectivity index (χ4v) is 4.39. The molecule has 1 aliphatic heterocycles. The number of fused-ring (bicyclic) bond motifs is 1. The van der Waals surface area contributed by atoms with Crippen molar-refractivity contribution >= 4 is 0 Å². The van der Waals surface area contributed by atoms with Crippen LogP contribution in [0.3, 0.4) is 0 Å². The summed E-state index contributed by atoms with van der Waals surface area (Å²) in [5.74, 6) is 1.43. The number of aromatic nitrogens is 2. The SMILES string of the molecule is Cn1c([C@@H]2CCCN2C[C@H](O)COc2ccc(F)cc2)nc2c1CCCC2. The van der Waals surface area contributed by atoms with Crippen molar-refractivity contribution in [2.45, 2.75) is 50.7 Å². The van der Waals surface area contributed by atoms with Crippen molar-refractivity contribution in [3.63, 3.8) is 0 Å². The molecule has 0 radical (unpaired) electrons. The molecule has 0 amide bonds. The molecule has 2 atom stereocenters. The summed E-state index contributed by atoms with van der Waals surface area (Å²) in [5, 5.41) is 10.5. The van der Waals surface area contributed by atoms with Crippen LogP contribution in [0.2, 0.25) is 0 Å². The molecule has 2 aromatic rings. The summed E-state index contributed by atoms with van der Waals surface area (Å²) in [6.45, 7) is 1.73. The Kier molecular flexibility index (Phi) is 5.45. The Labute approximate surface area is 159 Å². The van der Waals surface area contributed by atoms with E-state index in [4.69, 9.17) is 9.72 Å². The van der Waals surface area contributed by atoms with Gasteiger partial charge in [0.15, 0.2) is 0 Å². The predicted molar refractivity (Wildman–Crippen MR) is 101 cm³/mol. The van der Waals surface area contributed by atoms with Gasteiger partial charge in [-0.25, -0.2) is 9.37 Å². The molecule has 1 aliphatic carbocycles. The molecular formula is C21H28FN3O2. The largest absolute Gasteiger partial charge is 0.491 e. The standard InChI is InChI=1S/C21H28FN3O2/c1-24-19-6-3-2-5-18(19)23-21(24)20-7-4-12-25(20)13-16(26)14-27-17-10-8-15(22)9-11-17/h8-11,16,20,26H,2-7,12-14H2,1H3/t16-,20-/m0/s1. The second-order valence-electron chi connectivity index (χ2n) is 7.70. The highest BCUT2D eigenvalue weighted by molar-refractivity contribution is 5.23. The lowest BCUT2D eigenvalue weighted by atomic mass is 10.0. The summed E-state index contributed by atoms with van der Waals surface area (Å²) in [4.78, 5) is 7.29. The van der Waals surface area contributed by atoms with Crippen molar-refractivity contribution in [2.75, 3.05) is 19.7 Å². The van der Waals surface area contributed by atoms with E-state index in [1.165, 1.54) is 36.4 Å². The molecule has 6 heteroatoms. The van der Waals surface area contributed by atoms with E-state index >= 15 is 0 Å². The van der Waals surface area contributed by atoms with Crippen LogP contribution in [0.4, 0.5) is 4.39 Å². The van der Waals surface area contributed by atoms with E-state index in [0.29, 0.717) is 12.3 Å². The van der Waals surface area contributed by atoms with E-state index in [-0.39, 0.29) is 18.5 Å². The maximum Gasteiger partial charge on any atom is 0.126 e. The van der Waals surface area contributed by atoms with Crippen LogP contribution in [-0.4, -0.2) is 45.4 Å². The quantitative estimate of drug-likeness (QED) is 0.846. The van der Waals surface area contributed by atoms with E-state index < -0.39 is 6.10 Å². The van der Waals surface area contributed by atoms with Gasteiger partial charge >= 0.3 is 0 Å². The average molecular weight is 373 g/mol. The van der Waals surface area contributed by atoms with E-state index in [1.54, 1.807) is 12.1 Å².